The van der Waals surface area contributed by atoms with Gasteiger partial charge in [0, 0.05) is 26.0 Å². The summed E-state index contributed by atoms with van der Waals surface area (Å²) in [4.78, 5) is 25.7. The van der Waals surface area contributed by atoms with Crippen molar-refractivity contribution in [2.24, 2.45) is 11.8 Å². The minimum Gasteiger partial charge on any atom is -0.359 e. The number of rotatable bonds is 3. The Bertz CT molecular complexity index is 516. The Kier molecular flexibility index (Phi) is 6.95. The minimum atomic E-state index is -5.39. The van der Waals surface area contributed by atoms with Crippen molar-refractivity contribution in [3.05, 3.63) is 12.4 Å². The first-order valence-corrected chi connectivity index (χ1v) is 7.94. The van der Waals surface area contributed by atoms with E-state index in [2.05, 4.69) is 43.1 Å². The number of carbonyl (C=O) groups excluding carboxylic acids is 2. The molecule has 0 aromatic heterocycles. The molecule has 1 fully saturated rings. The second-order valence-electron chi connectivity index (χ2n) is 6.08. The molecule has 0 radical (unpaired) electrons. The molecule has 2 rings (SSSR count). The van der Waals surface area contributed by atoms with Gasteiger partial charge in [-0.25, -0.2) is 0 Å². The first kappa shape index (κ1) is 22.1. The number of halogens is 6. The Balaban J connectivity index is 0.000000273. The van der Waals surface area contributed by atoms with Crippen LogP contribution in [-0.4, -0.2) is 53.7 Å². The molecule has 1 N–H and O–H groups in total. The lowest BCUT2D eigenvalue weighted by Crippen LogP contribution is -2.40. The third-order valence-corrected chi connectivity index (χ3v) is 4.18. The lowest BCUT2D eigenvalue weighted by Gasteiger charge is -2.26. The Morgan fingerprint density at radius 2 is 1.46 bits per heavy atom. The Labute approximate surface area is 147 Å². The van der Waals surface area contributed by atoms with Crippen LogP contribution < -0.4 is 5.32 Å². The molecule has 5 nitrogen and oxygen atoms in total. The summed E-state index contributed by atoms with van der Waals surface area (Å²) in [6.45, 7) is 5.66. The van der Waals surface area contributed by atoms with Gasteiger partial charge in [-0.15, -0.1) is 0 Å². The van der Waals surface area contributed by atoms with E-state index in [4.69, 9.17) is 0 Å². The molecule has 0 spiro atoms. The van der Waals surface area contributed by atoms with E-state index < -0.39 is 36.0 Å². The molecule has 0 aromatic carbocycles. The van der Waals surface area contributed by atoms with Crippen molar-refractivity contribution in [3.63, 3.8) is 0 Å². The van der Waals surface area contributed by atoms with Crippen LogP contribution in [0, 0.1) is 11.8 Å². The molecule has 11 heteroatoms. The number of nitrogens with one attached hydrogen (secondary N) is 1. The summed E-state index contributed by atoms with van der Waals surface area (Å²) in [7, 11) is 2.12. The van der Waals surface area contributed by atoms with Crippen LogP contribution in [0.3, 0.4) is 0 Å². The SMILES string of the molecule is CCCCN1C=CN(C)C1C.O=C1NC(=O)C(C(F)(F)F)C1C(F)(F)F. The molecule has 3 atom stereocenters. The lowest BCUT2D eigenvalue weighted by molar-refractivity contribution is -0.237. The fourth-order valence-electron chi connectivity index (χ4n) is 2.53. The first-order chi connectivity index (χ1) is 11.8. The molecule has 2 aliphatic rings. The highest BCUT2D eigenvalue weighted by atomic mass is 19.4. The summed E-state index contributed by atoms with van der Waals surface area (Å²) < 4.78 is 72.3. The average Bonchev–Trinajstić information content (AvgIpc) is 2.97. The zero-order valence-corrected chi connectivity index (χ0v) is 14.5. The van der Waals surface area contributed by atoms with Crippen LogP contribution in [0.5, 0.6) is 0 Å². The molecule has 1 saturated heterocycles. The molecule has 150 valence electrons. The van der Waals surface area contributed by atoms with E-state index in [1.54, 1.807) is 0 Å². The van der Waals surface area contributed by atoms with E-state index in [1.807, 2.05) is 0 Å². The monoisotopic (exact) mass is 389 g/mol. The topological polar surface area (TPSA) is 52.6 Å². The Hall–Kier alpha value is -1.94. The first-order valence-electron chi connectivity index (χ1n) is 7.94. The summed E-state index contributed by atoms with van der Waals surface area (Å²) in [5.41, 5.74) is 0. The van der Waals surface area contributed by atoms with Gasteiger partial charge in [-0.2, -0.15) is 26.3 Å². The van der Waals surface area contributed by atoms with Crippen LogP contribution in [-0.2, 0) is 9.59 Å². The second-order valence-corrected chi connectivity index (χ2v) is 6.08. The van der Waals surface area contributed by atoms with Crippen molar-refractivity contribution >= 4 is 11.8 Å². The largest absolute Gasteiger partial charge is 0.401 e. The van der Waals surface area contributed by atoms with Crippen molar-refractivity contribution < 1.29 is 35.9 Å². The number of hydrogen-bond donors (Lipinski definition) is 1. The number of nitrogens with zero attached hydrogens (tertiary/aromatic N) is 2. The van der Waals surface area contributed by atoms with E-state index >= 15 is 0 Å². The second kappa shape index (κ2) is 8.17. The van der Waals surface area contributed by atoms with Gasteiger partial charge >= 0.3 is 12.4 Å². The van der Waals surface area contributed by atoms with Gasteiger partial charge in [0.2, 0.25) is 11.8 Å². The third-order valence-electron chi connectivity index (χ3n) is 4.18. The van der Waals surface area contributed by atoms with Crippen molar-refractivity contribution in [3.8, 4) is 0 Å². The predicted molar refractivity (Wildman–Crippen MR) is 80.2 cm³/mol. The van der Waals surface area contributed by atoms with Crippen LogP contribution in [0.2, 0.25) is 0 Å². The van der Waals surface area contributed by atoms with Crippen LogP contribution in [0.15, 0.2) is 12.4 Å². The average molecular weight is 389 g/mol. The van der Waals surface area contributed by atoms with Crippen molar-refractivity contribution in [1.82, 2.24) is 15.1 Å². The smallest absolute Gasteiger partial charge is 0.359 e. The number of imide groups is 1. The maximum Gasteiger partial charge on any atom is 0.401 e. The number of unbranched alkanes of at least 4 members (excludes halogenated alkanes) is 1. The van der Waals surface area contributed by atoms with Crippen LogP contribution in [0.1, 0.15) is 26.7 Å². The zero-order chi connectivity index (χ0) is 20.3. The fraction of sp³-hybridized carbons (Fsp3) is 0.733. The van der Waals surface area contributed by atoms with Gasteiger partial charge in [0.1, 0.15) is 0 Å². The molecule has 0 saturated carbocycles. The van der Waals surface area contributed by atoms with Crippen LogP contribution >= 0.6 is 0 Å². The van der Waals surface area contributed by atoms with Gasteiger partial charge in [-0.1, -0.05) is 13.3 Å². The summed E-state index contributed by atoms with van der Waals surface area (Å²) >= 11 is 0. The highest BCUT2D eigenvalue weighted by molar-refractivity contribution is 6.05. The number of amides is 2. The van der Waals surface area contributed by atoms with E-state index in [-0.39, 0.29) is 0 Å². The summed E-state index contributed by atoms with van der Waals surface area (Å²) in [5, 5.41) is 1.01. The highest BCUT2D eigenvalue weighted by Gasteiger charge is 2.65. The van der Waals surface area contributed by atoms with Gasteiger partial charge in [0.05, 0.1) is 6.17 Å². The molecule has 3 unspecified atom stereocenters. The van der Waals surface area contributed by atoms with Crippen molar-refractivity contribution in [2.45, 2.75) is 45.2 Å². The lowest BCUT2D eigenvalue weighted by atomic mass is 9.94. The minimum absolute atomic E-state index is 0.557. The normalized spacial score (nSPS) is 26.1. The van der Waals surface area contributed by atoms with Gasteiger partial charge < -0.3 is 9.80 Å². The molecule has 2 amide bonds. The standard InChI is InChI=1S/C9H18N2.C6H3F6NO2/c1-4-5-6-11-8-7-10(3)9(11)2;7-5(8,9)1-2(6(10,11)12)4(15)13-3(1)14/h7-9H,4-6H2,1-3H3;1-2H,(H,13,14,15). The van der Waals surface area contributed by atoms with Gasteiger partial charge in [-0.3, -0.25) is 14.9 Å². The van der Waals surface area contributed by atoms with Crippen molar-refractivity contribution in [1.29, 1.82) is 0 Å². The molecule has 0 bridgehead atoms. The molecule has 2 aliphatic heterocycles. The van der Waals surface area contributed by atoms with Gasteiger partial charge in [0.25, 0.3) is 0 Å². The Morgan fingerprint density at radius 3 is 1.77 bits per heavy atom. The van der Waals surface area contributed by atoms with Gasteiger partial charge in [-0.05, 0) is 13.3 Å². The molecule has 0 aromatic rings. The van der Waals surface area contributed by atoms with Crippen molar-refractivity contribution in [2.75, 3.05) is 13.6 Å². The molecule has 0 aliphatic carbocycles. The summed E-state index contributed by atoms with van der Waals surface area (Å²) in [6.07, 6.45) is -3.34. The molecular formula is C15H21F6N3O2. The van der Waals surface area contributed by atoms with Crippen LogP contribution in [0.4, 0.5) is 26.3 Å². The maximum absolute atomic E-state index is 12.1. The van der Waals surface area contributed by atoms with E-state index in [0.717, 1.165) is 5.32 Å². The zero-order valence-electron chi connectivity index (χ0n) is 14.5. The molecule has 2 heterocycles. The number of carbonyl (C=O) groups is 2. The van der Waals surface area contributed by atoms with E-state index in [1.165, 1.54) is 19.4 Å². The van der Waals surface area contributed by atoms with E-state index in [9.17, 15) is 35.9 Å². The Morgan fingerprint density at radius 1 is 1.00 bits per heavy atom. The third kappa shape index (κ3) is 5.28. The molecule has 26 heavy (non-hydrogen) atoms. The summed E-state index contributed by atoms with van der Waals surface area (Å²) in [6, 6.07) is 0. The predicted octanol–water partition coefficient (Wildman–Crippen LogP) is 2.85. The quantitative estimate of drug-likeness (QED) is 0.596. The fourth-order valence-corrected chi connectivity index (χ4v) is 2.53. The van der Waals surface area contributed by atoms with E-state index in [0.29, 0.717) is 6.17 Å². The molecular weight excluding hydrogens is 368 g/mol. The maximum atomic E-state index is 12.1. The van der Waals surface area contributed by atoms with Crippen LogP contribution in [0.25, 0.3) is 0 Å². The number of hydrogen-bond acceptors (Lipinski definition) is 4. The highest BCUT2D eigenvalue weighted by Crippen LogP contribution is 2.43. The summed E-state index contributed by atoms with van der Waals surface area (Å²) in [5.74, 6) is -10.6. The van der Waals surface area contributed by atoms with Gasteiger partial charge in [0.15, 0.2) is 11.8 Å². The number of alkyl halides is 6.